The van der Waals surface area contributed by atoms with E-state index in [1.54, 1.807) is 50.7 Å². The van der Waals surface area contributed by atoms with Crippen LogP contribution in [0.4, 0.5) is 0 Å². The predicted octanol–water partition coefficient (Wildman–Crippen LogP) is 2.31. The van der Waals surface area contributed by atoms with Crippen LogP contribution < -0.4 is 4.74 Å². The molecule has 0 spiro atoms. The minimum absolute atomic E-state index is 0.148. The highest BCUT2D eigenvalue weighted by Gasteiger charge is 2.41. The molecule has 3 rings (SSSR count). The van der Waals surface area contributed by atoms with Crippen molar-refractivity contribution in [1.29, 1.82) is 0 Å². The van der Waals surface area contributed by atoms with Crippen LogP contribution in [0.5, 0.6) is 5.75 Å². The maximum Gasteiger partial charge on any atom is 0.188 e. The SMILES string of the molecule is COC1(COc2cc3ncc(I)n3cc2S(=O)(=O)C(C)(C)C)COC1. The van der Waals surface area contributed by atoms with Gasteiger partial charge in [-0.25, -0.2) is 13.4 Å². The second kappa shape index (κ2) is 6.36. The fraction of sp³-hybridized carbons (Fsp3) is 0.562. The first-order chi connectivity index (χ1) is 11.6. The summed E-state index contributed by atoms with van der Waals surface area (Å²) >= 11 is 2.11. The van der Waals surface area contributed by atoms with Gasteiger partial charge in [-0.3, -0.25) is 4.40 Å². The smallest absolute Gasteiger partial charge is 0.188 e. The Morgan fingerprint density at radius 1 is 1.40 bits per heavy atom. The van der Waals surface area contributed by atoms with E-state index in [1.165, 1.54) is 0 Å². The largest absolute Gasteiger partial charge is 0.489 e. The van der Waals surface area contributed by atoms with E-state index >= 15 is 0 Å². The molecule has 3 heterocycles. The Labute approximate surface area is 160 Å². The zero-order chi connectivity index (χ0) is 18.5. The Kier molecular flexibility index (Phi) is 4.80. The number of halogens is 1. The van der Waals surface area contributed by atoms with Crippen LogP contribution in [-0.2, 0) is 19.3 Å². The van der Waals surface area contributed by atoms with Crippen molar-refractivity contribution in [2.45, 2.75) is 36.0 Å². The van der Waals surface area contributed by atoms with Crippen molar-refractivity contribution in [1.82, 2.24) is 9.38 Å². The molecule has 0 aliphatic carbocycles. The number of rotatable bonds is 5. The summed E-state index contributed by atoms with van der Waals surface area (Å²) < 4.78 is 44.3. The number of ether oxygens (including phenoxy) is 3. The van der Waals surface area contributed by atoms with Crippen molar-refractivity contribution in [3.63, 3.8) is 0 Å². The molecule has 2 aromatic rings. The van der Waals surface area contributed by atoms with Crippen molar-refractivity contribution >= 4 is 38.1 Å². The lowest BCUT2D eigenvalue weighted by molar-refractivity contribution is -0.208. The third-order valence-corrected chi connectivity index (χ3v) is 7.58. The van der Waals surface area contributed by atoms with Gasteiger partial charge in [0.1, 0.15) is 32.2 Å². The van der Waals surface area contributed by atoms with Crippen LogP contribution >= 0.6 is 22.6 Å². The summed E-state index contributed by atoms with van der Waals surface area (Å²) in [5.41, 5.74) is 0.0993. The lowest BCUT2D eigenvalue weighted by atomic mass is 10.0. The molecule has 0 amide bonds. The maximum atomic E-state index is 13.1. The Hall–Kier alpha value is -0.910. The fourth-order valence-electron chi connectivity index (χ4n) is 2.40. The molecule has 25 heavy (non-hydrogen) atoms. The number of hydrogen-bond donors (Lipinski definition) is 0. The Bertz CT molecular complexity index is 892. The molecule has 0 unspecified atom stereocenters. The molecule has 2 aromatic heterocycles. The minimum atomic E-state index is -3.61. The molecule has 0 aromatic carbocycles. The number of hydrogen-bond acceptors (Lipinski definition) is 6. The zero-order valence-electron chi connectivity index (χ0n) is 14.6. The Morgan fingerprint density at radius 3 is 2.60 bits per heavy atom. The second-order valence-electron chi connectivity index (χ2n) is 7.10. The van der Waals surface area contributed by atoms with E-state index in [-0.39, 0.29) is 17.3 Å². The van der Waals surface area contributed by atoms with Crippen molar-refractivity contribution in [3.05, 3.63) is 22.2 Å². The van der Waals surface area contributed by atoms with Crippen molar-refractivity contribution in [3.8, 4) is 5.75 Å². The average Bonchev–Trinajstić information content (AvgIpc) is 2.85. The number of nitrogens with zero attached hydrogens (tertiary/aromatic N) is 2. The molecule has 0 bridgehead atoms. The van der Waals surface area contributed by atoms with E-state index in [4.69, 9.17) is 14.2 Å². The fourth-order valence-corrected chi connectivity index (χ4v) is 4.21. The molecule has 7 nitrogen and oxygen atoms in total. The van der Waals surface area contributed by atoms with Crippen LogP contribution in [0, 0.1) is 3.70 Å². The van der Waals surface area contributed by atoms with E-state index in [0.29, 0.717) is 18.9 Å². The van der Waals surface area contributed by atoms with E-state index in [2.05, 4.69) is 27.6 Å². The van der Waals surface area contributed by atoms with E-state index in [0.717, 1.165) is 3.70 Å². The minimum Gasteiger partial charge on any atom is -0.489 e. The normalized spacial score (nSPS) is 17.5. The third kappa shape index (κ3) is 3.26. The van der Waals surface area contributed by atoms with Gasteiger partial charge in [-0.15, -0.1) is 0 Å². The summed E-state index contributed by atoms with van der Waals surface area (Å²) in [4.78, 5) is 4.44. The summed E-state index contributed by atoms with van der Waals surface area (Å²) in [6, 6.07) is 1.66. The van der Waals surface area contributed by atoms with Crippen LogP contribution in [0.3, 0.4) is 0 Å². The molecule has 1 aliphatic rings. The number of fused-ring (bicyclic) bond motifs is 1. The van der Waals surface area contributed by atoms with Gasteiger partial charge < -0.3 is 14.2 Å². The van der Waals surface area contributed by atoms with Gasteiger partial charge in [-0.1, -0.05) is 0 Å². The van der Waals surface area contributed by atoms with Gasteiger partial charge in [0, 0.05) is 19.4 Å². The lowest BCUT2D eigenvalue weighted by Crippen LogP contribution is -2.55. The quantitative estimate of drug-likeness (QED) is 0.612. The number of pyridine rings is 1. The molecule has 0 atom stereocenters. The predicted molar refractivity (Wildman–Crippen MR) is 101 cm³/mol. The highest BCUT2D eigenvalue weighted by atomic mass is 127. The van der Waals surface area contributed by atoms with Gasteiger partial charge >= 0.3 is 0 Å². The van der Waals surface area contributed by atoms with Crippen LogP contribution in [0.15, 0.2) is 23.4 Å². The average molecular weight is 480 g/mol. The van der Waals surface area contributed by atoms with E-state index in [9.17, 15) is 8.42 Å². The number of methoxy groups -OCH3 is 1. The molecule has 0 N–H and O–H groups in total. The highest BCUT2D eigenvalue weighted by Crippen LogP contribution is 2.34. The van der Waals surface area contributed by atoms with Gasteiger partial charge in [0.25, 0.3) is 0 Å². The van der Waals surface area contributed by atoms with Crippen LogP contribution in [0.1, 0.15) is 20.8 Å². The van der Waals surface area contributed by atoms with Crippen molar-refractivity contribution < 1.29 is 22.6 Å². The van der Waals surface area contributed by atoms with E-state index < -0.39 is 20.2 Å². The Balaban J connectivity index is 2.07. The summed E-state index contributed by atoms with van der Waals surface area (Å²) in [5.74, 6) is 0.285. The number of imidazole rings is 1. The summed E-state index contributed by atoms with van der Waals surface area (Å²) in [7, 11) is -2.01. The topological polar surface area (TPSA) is 79.1 Å². The third-order valence-electron chi connectivity index (χ3n) is 4.28. The lowest BCUT2D eigenvalue weighted by Gasteiger charge is -2.39. The summed E-state index contributed by atoms with van der Waals surface area (Å²) in [6.07, 6.45) is 3.26. The number of aromatic nitrogens is 2. The van der Waals surface area contributed by atoms with Gasteiger partial charge in [0.15, 0.2) is 9.84 Å². The monoisotopic (exact) mass is 480 g/mol. The highest BCUT2D eigenvalue weighted by molar-refractivity contribution is 14.1. The van der Waals surface area contributed by atoms with Gasteiger partial charge in [-0.2, -0.15) is 0 Å². The molecular formula is C16H21IN2O5S. The molecular weight excluding hydrogens is 459 g/mol. The van der Waals surface area contributed by atoms with Crippen molar-refractivity contribution in [2.75, 3.05) is 26.9 Å². The first kappa shape index (κ1) is 18.9. The summed E-state index contributed by atoms with van der Waals surface area (Å²) in [5, 5.41) is 0. The molecule has 0 saturated carbocycles. The van der Waals surface area contributed by atoms with Crippen molar-refractivity contribution in [2.24, 2.45) is 0 Å². The maximum absolute atomic E-state index is 13.1. The van der Waals surface area contributed by atoms with Gasteiger partial charge in [-0.05, 0) is 43.4 Å². The first-order valence-electron chi connectivity index (χ1n) is 7.77. The zero-order valence-corrected chi connectivity index (χ0v) is 17.5. The first-order valence-corrected chi connectivity index (χ1v) is 10.3. The molecule has 138 valence electrons. The molecule has 1 saturated heterocycles. The summed E-state index contributed by atoms with van der Waals surface area (Å²) in [6.45, 7) is 6.08. The van der Waals surface area contributed by atoms with Gasteiger partial charge in [0.05, 0.1) is 24.2 Å². The second-order valence-corrected chi connectivity index (χ2v) is 10.9. The van der Waals surface area contributed by atoms with Gasteiger partial charge in [0.2, 0.25) is 0 Å². The standard InChI is InChI=1S/C16H21IN2O5S/c1-15(2,3)25(20,21)12-7-19-13(17)6-18-14(19)5-11(12)24-10-16(22-4)8-23-9-16/h5-7H,8-10H2,1-4H3. The van der Waals surface area contributed by atoms with Crippen LogP contribution in [0.2, 0.25) is 0 Å². The number of sulfone groups is 1. The Morgan fingerprint density at radius 2 is 2.08 bits per heavy atom. The molecule has 1 aliphatic heterocycles. The molecule has 1 fully saturated rings. The van der Waals surface area contributed by atoms with E-state index in [1.807, 2.05) is 0 Å². The van der Waals surface area contributed by atoms with Crippen LogP contribution in [-0.4, -0.2) is 55.1 Å². The molecule has 0 radical (unpaired) electrons. The molecule has 9 heteroatoms. The van der Waals surface area contributed by atoms with Crippen LogP contribution in [0.25, 0.3) is 5.65 Å².